The topological polar surface area (TPSA) is 55.4 Å². The van der Waals surface area contributed by atoms with Crippen molar-refractivity contribution in [1.29, 1.82) is 0 Å². The first-order valence-electron chi connectivity index (χ1n) is 8.62. The molecule has 0 heterocycles. The summed E-state index contributed by atoms with van der Waals surface area (Å²) in [4.78, 5) is 0. The zero-order chi connectivity index (χ0) is 18.9. The van der Waals surface area contributed by atoms with Crippen LogP contribution in [0.1, 0.15) is 40.5 Å². The van der Waals surface area contributed by atoms with Crippen molar-refractivity contribution in [2.75, 3.05) is 46.5 Å². The molecule has 0 radical (unpaired) electrons. The highest BCUT2D eigenvalue weighted by molar-refractivity contribution is 9.09. The predicted octanol–water partition coefficient (Wildman–Crippen LogP) is 4.09. The first kappa shape index (κ1) is 26.9. The summed E-state index contributed by atoms with van der Waals surface area (Å²) >= 11 is 3.35. The van der Waals surface area contributed by atoms with Gasteiger partial charge in [0, 0.05) is 58.6 Å². The Balaban J connectivity index is 0. The van der Waals surface area contributed by atoms with Gasteiger partial charge in [-0.1, -0.05) is 29.3 Å². The second-order valence-corrected chi connectivity index (χ2v) is 11.4. The fraction of sp³-hybridized carbons (Fsp3) is 1.00. The lowest BCUT2D eigenvalue weighted by Crippen LogP contribution is -2.45. The average molecular weight is 450 g/mol. The Morgan fingerprint density at radius 1 is 0.667 bits per heavy atom. The van der Waals surface area contributed by atoms with Gasteiger partial charge < -0.3 is 26.6 Å². The van der Waals surface area contributed by atoms with Crippen LogP contribution in [0.4, 0.5) is 0 Å². The summed E-state index contributed by atoms with van der Waals surface area (Å²) in [5.41, 5.74) is 0. The van der Waals surface area contributed by atoms with Gasteiger partial charge in [-0.3, -0.25) is 0 Å². The van der Waals surface area contributed by atoms with Gasteiger partial charge in [-0.15, -0.1) is 0 Å². The summed E-state index contributed by atoms with van der Waals surface area (Å²) in [6.45, 7) is 10.1. The molecule has 0 aliphatic carbocycles. The second kappa shape index (κ2) is 17.1. The lowest BCUT2D eigenvalue weighted by Gasteiger charge is -2.27. The van der Waals surface area contributed by atoms with E-state index >= 15 is 0 Å². The van der Waals surface area contributed by atoms with Gasteiger partial charge in [0.2, 0.25) is 0 Å². The summed E-state index contributed by atoms with van der Waals surface area (Å²) in [6.07, 6.45) is 2.06. The Labute approximate surface area is 159 Å². The molecule has 0 amide bonds. The second-order valence-electron chi connectivity index (χ2n) is 4.82. The van der Waals surface area contributed by atoms with E-state index in [1.54, 1.807) is 21.3 Å². The first-order valence-corrected chi connectivity index (χ1v) is 13.6. The molecule has 0 aromatic rings. The van der Waals surface area contributed by atoms with Crippen LogP contribution in [0.2, 0.25) is 12.1 Å². The third-order valence-corrected chi connectivity index (χ3v) is 9.89. The molecule has 0 atom stereocenters. The van der Waals surface area contributed by atoms with Crippen LogP contribution < -0.4 is 0 Å². The minimum absolute atomic E-state index is 0.673. The number of rotatable bonds is 14. The Kier molecular flexibility index (Phi) is 19.2. The average Bonchev–Trinajstić information content (AvgIpc) is 2.58. The van der Waals surface area contributed by atoms with E-state index in [4.69, 9.17) is 26.6 Å². The lowest BCUT2D eigenvalue weighted by molar-refractivity contribution is 0.0711. The van der Waals surface area contributed by atoms with Gasteiger partial charge in [-0.25, -0.2) is 0 Å². The van der Waals surface area contributed by atoms with Crippen molar-refractivity contribution < 1.29 is 26.6 Å². The van der Waals surface area contributed by atoms with Crippen LogP contribution in [0.5, 0.6) is 0 Å². The molecule has 0 N–H and O–H groups in total. The molecule has 0 aromatic heterocycles. The molecule has 0 bridgehead atoms. The van der Waals surface area contributed by atoms with Crippen molar-refractivity contribution in [3.8, 4) is 0 Å². The third-order valence-electron chi connectivity index (χ3n) is 3.20. The summed E-state index contributed by atoms with van der Waals surface area (Å²) in [6, 6.07) is 1.78. The van der Waals surface area contributed by atoms with Gasteiger partial charge in [-0.05, 0) is 27.2 Å². The third kappa shape index (κ3) is 11.3. The van der Waals surface area contributed by atoms with Crippen molar-refractivity contribution in [2.45, 2.75) is 52.6 Å². The number of hydrogen-bond donors (Lipinski definition) is 0. The highest BCUT2D eigenvalue weighted by Crippen LogP contribution is 2.17. The molecule has 0 unspecified atom stereocenters. The van der Waals surface area contributed by atoms with Crippen molar-refractivity contribution >= 4 is 33.5 Å². The van der Waals surface area contributed by atoms with Crippen LogP contribution in [0, 0.1) is 0 Å². The molecule has 0 fully saturated rings. The molecular weight excluding hydrogens is 412 g/mol. The SMILES string of the molecule is CCC[Si](OCC)(OCC)OCC.CO[Si](CCCBr)(OC)OC. The molecule has 0 rings (SSSR count). The molecular formula is C15H37BrO6Si2. The van der Waals surface area contributed by atoms with Crippen LogP contribution >= 0.6 is 15.9 Å². The quantitative estimate of drug-likeness (QED) is 0.294. The zero-order valence-corrected chi connectivity index (χ0v) is 20.1. The minimum atomic E-state index is -2.30. The normalized spacial score (nSPS) is 12.0. The van der Waals surface area contributed by atoms with E-state index in [9.17, 15) is 0 Å². The van der Waals surface area contributed by atoms with Crippen LogP contribution in [0.15, 0.2) is 0 Å². The molecule has 24 heavy (non-hydrogen) atoms. The van der Waals surface area contributed by atoms with E-state index in [2.05, 4.69) is 22.9 Å². The van der Waals surface area contributed by atoms with Gasteiger partial charge >= 0.3 is 17.6 Å². The molecule has 6 nitrogen and oxygen atoms in total. The van der Waals surface area contributed by atoms with Gasteiger partial charge in [0.05, 0.1) is 0 Å². The van der Waals surface area contributed by atoms with Gasteiger partial charge in [0.15, 0.2) is 0 Å². The summed E-state index contributed by atoms with van der Waals surface area (Å²) in [5.74, 6) is 0. The number of alkyl halides is 1. The largest absolute Gasteiger partial charge is 0.500 e. The summed E-state index contributed by atoms with van der Waals surface area (Å²) in [7, 11) is 0.333. The Morgan fingerprint density at radius 3 is 1.33 bits per heavy atom. The van der Waals surface area contributed by atoms with Crippen molar-refractivity contribution in [3.05, 3.63) is 0 Å². The molecule has 148 valence electrons. The van der Waals surface area contributed by atoms with E-state index in [1.807, 2.05) is 20.8 Å². The van der Waals surface area contributed by atoms with Gasteiger partial charge in [-0.2, -0.15) is 0 Å². The fourth-order valence-corrected chi connectivity index (χ4v) is 7.28. The first-order chi connectivity index (χ1) is 11.5. The van der Waals surface area contributed by atoms with Crippen molar-refractivity contribution in [3.63, 3.8) is 0 Å². The summed E-state index contributed by atoms with van der Waals surface area (Å²) in [5, 5.41) is 0.956. The van der Waals surface area contributed by atoms with E-state index in [1.165, 1.54) is 0 Å². The Morgan fingerprint density at radius 2 is 1.08 bits per heavy atom. The van der Waals surface area contributed by atoms with Crippen LogP contribution in [-0.2, 0) is 26.6 Å². The number of hydrogen-bond acceptors (Lipinski definition) is 6. The smallest absolute Gasteiger partial charge is 0.377 e. The zero-order valence-electron chi connectivity index (χ0n) is 16.5. The van der Waals surface area contributed by atoms with Gasteiger partial charge in [0.1, 0.15) is 0 Å². The van der Waals surface area contributed by atoms with E-state index < -0.39 is 17.6 Å². The Hall–Kier alpha value is 0.674. The maximum Gasteiger partial charge on any atom is 0.500 e. The highest BCUT2D eigenvalue weighted by atomic mass is 79.9. The monoisotopic (exact) mass is 448 g/mol. The standard InChI is InChI=1S/C9H22O3Si.C6H15BrO3Si/c1-5-9-13(10-6-2,11-7-3)12-8-4;1-8-11(9-2,10-3)6-4-5-7/h5-9H2,1-4H3;4-6H2,1-3H3. The molecule has 0 saturated heterocycles. The predicted molar refractivity (Wildman–Crippen MR) is 106 cm³/mol. The lowest BCUT2D eigenvalue weighted by atomic mass is 10.6. The van der Waals surface area contributed by atoms with Crippen molar-refractivity contribution in [2.24, 2.45) is 0 Å². The van der Waals surface area contributed by atoms with Gasteiger partial charge in [0.25, 0.3) is 0 Å². The van der Waals surface area contributed by atoms with E-state index in [0.29, 0.717) is 19.8 Å². The Bertz CT molecular complexity index is 233. The van der Waals surface area contributed by atoms with Crippen molar-refractivity contribution in [1.82, 2.24) is 0 Å². The molecule has 9 heteroatoms. The summed E-state index contributed by atoms with van der Waals surface area (Å²) < 4.78 is 32.6. The molecule has 0 aromatic carbocycles. The maximum absolute atomic E-state index is 5.65. The van der Waals surface area contributed by atoms with Crippen LogP contribution in [0.3, 0.4) is 0 Å². The molecule has 0 spiro atoms. The van der Waals surface area contributed by atoms with Crippen LogP contribution in [-0.4, -0.2) is 64.1 Å². The minimum Gasteiger partial charge on any atom is -0.377 e. The van der Waals surface area contributed by atoms with E-state index in [-0.39, 0.29) is 0 Å². The van der Waals surface area contributed by atoms with Crippen LogP contribution in [0.25, 0.3) is 0 Å². The number of halogens is 1. The molecule has 0 saturated carbocycles. The molecule has 0 aliphatic heterocycles. The van der Waals surface area contributed by atoms with E-state index in [0.717, 1.165) is 30.3 Å². The fourth-order valence-electron chi connectivity index (χ4n) is 2.15. The molecule has 0 aliphatic rings. The highest BCUT2D eigenvalue weighted by Gasteiger charge is 2.39. The maximum atomic E-state index is 5.65.